The SMILES string of the molecule is CCC(C(=O)O)C(C#N)(CCCOC1CCCCO1)c1ccc(Cl)c(Cl)c1. The van der Waals surface area contributed by atoms with Gasteiger partial charge in [0, 0.05) is 13.2 Å². The van der Waals surface area contributed by atoms with Crippen LogP contribution in [0.15, 0.2) is 18.2 Å². The molecule has 148 valence electrons. The summed E-state index contributed by atoms with van der Waals surface area (Å²) in [4.78, 5) is 11.9. The minimum absolute atomic E-state index is 0.207. The first-order valence-corrected chi connectivity index (χ1v) is 10.0. The molecule has 1 saturated heterocycles. The zero-order valence-corrected chi connectivity index (χ0v) is 16.9. The van der Waals surface area contributed by atoms with E-state index < -0.39 is 17.3 Å². The fraction of sp³-hybridized carbons (Fsp3) is 0.600. The van der Waals surface area contributed by atoms with Crippen LogP contribution in [0.5, 0.6) is 0 Å². The summed E-state index contributed by atoms with van der Waals surface area (Å²) >= 11 is 12.1. The average molecular weight is 414 g/mol. The van der Waals surface area contributed by atoms with Crippen LogP contribution in [0.1, 0.15) is 51.0 Å². The molecule has 1 aliphatic rings. The van der Waals surface area contributed by atoms with Crippen LogP contribution >= 0.6 is 23.2 Å². The van der Waals surface area contributed by atoms with Crippen molar-refractivity contribution in [3.8, 4) is 6.07 Å². The van der Waals surface area contributed by atoms with Gasteiger partial charge in [0.15, 0.2) is 6.29 Å². The molecule has 7 heteroatoms. The summed E-state index contributed by atoms with van der Waals surface area (Å²) in [5.74, 6) is -1.85. The van der Waals surface area contributed by atoms with Crippen LogP contribution in [-0.4, -0.2) is 30.6 Å². The monoisotopic (exact) mass is 413 g/mol. The number of carbonyl (C=O) groups is 1. The first-order valence-electron chi connectivity index (χ1n) is 9.27. The number of rotatable bonds is 9. The van der Waals surface area contributed by atoms with Gasteiger partial charge in [0.25, 0.3) is 0 Å². The molecule has 1 fully saturated rings. The Bertz CT molecular complexity index is 685. The molecule has 0 aromatic heterocycles. The summed E-state index contributed by atoms with van der Waals surface area (Å²) < 4.78 is 11.3. The van der Waals surface area contributed by atoms with Crippen LogP contribution in [0.2, 0.25) is 10.0 Å². The number of aliphatic carboxylic acids is 1. The van der Waals surface area contributed by atoms with Gasteiger partial charge in [-0.15, -0.1) is 0 Å². The highest BCUT2D eigenvalue weighted by Crippen LogP contribution is 2.41. The van der Waals surface area contributed by atoms with Crippen molar-refractivity contribution in [1.82, 2.24) is 0 Å². The number of hydrogen-bond acceptors (Lipinski definition) is 4. The van der Waals surface area contributed by atoms with Gasteiger partial charge in [-0.25, -0.2) is 0 Å². The Kier molecular flexibility index (Phi) is 8.37. The third-order valence-corrected chi connectivity index (χ3v) is 5.83. The van der Waals surface area contributed by atoms with Crippen LogP contribution in [0.4, 0.5) is 0 Å². The Morgan fingerprint density at radius 3 is 2.78 bits per heavy atom. The lowest BCUT2D eigenvalue weighted by Gasteiger charge is -2.33. The number of hydrogen-bond donors (Lipinski definition) is 1. The minimum Gasteiger partial charge on any atom is -0.481 e. The third kappa shape index (κ3) is 5.36. The zero-order chi connectivity index (χ0) is 19.9. The molecule has 1 heterocycles. The van der Waals surface area contributed by atoms with Crippen LogP contribution in [0, 0.1) is 17.2 Å². The molecule has 5 nitrogen and oxygen atoms in total. The Labute approximate surface area is 170 Å². The number of carboxylic acids is 1. The zero-order valence-electron chi connectivity index (χ0n) is 15.4. The van der Waals surface area contributed by atoms with Crippen molar-refractivity contribution in [2.45, 2.75) is 57.2 Å². The molecule has 1 aromatic carbocycles. The topological polar surface area (TPSA) is 79.5 Å². The first kappa shape index (κ1) is 22.0. The molecule has 27 heavy (non-hydrogen) atoms. The fourth-order valence-electron chi connectivity index (χ4n) is 3.63. The highest BCUT2D eigenvalue weighted by Gasteiger charge is 2.44. The second kappa shape index (κ2) is 10.3. The number of nitrogens with zero attached hydrogens (tertiary/aromatic N) is 1. The van der Waals surface area contributed by atoms with E-state index in [1.807, 2.05) is 0 Å². The lowest BCUT2D eigenvalue weighted by Crippen LogP contribution is -2.39. The Balaban J connectivity index is 2.19. The molecule has 1 aliphatic heterocycles. The van der Waals surface area contributed by atoms with E-state index in [0.717, 1.165) is 19.3 Å². The van der Waals surface area contributed by atoms with Gasteiger partial charge in [-0.1, -0.05) is 36.2 Å². The maximum absolute atomic E-state index is 11.9. The minimum atomic E-state index is -1.20. The van der Waals surface area contributed by atoms with Gasteiger partial charge < -0.3 is 14.6 Å². The van der Waals surface area contributed by atoms with E-state index in [2.05, 4.69) is 6.07 Å². The lowest BCUT2D eigenvalue weighted by molar-refractivity contribution is -0.163. The molecule has 0 bridgehead atoms. The second-order valence-electron chi connectivity index (χ2n) is 6.78. The fourth-order valence-corrected chi connectivity index (χ4v) is 3.93. The molecule has 1 N–H and O–H groups in total. The maximum atomic E-state index is 11.9. The molecule has 2 rings (SSSR count). The number of nitriles is 1. The number of benzene rings is 1. The highest BCUT2D eigenvalue weighted by atomic mass is 35.5. The third-order valence-electron chi connectivity index (χ3n) is 5.09. The molecule has 3 unspecified atom stereocenters. The Morgan fingerprint density at radius 2 is 2.22 bits per heavy atom. The van der Waals surface area contributed by atoms with Crippen molar-refractivity contribution in [1.29, 1.82) is 5.26 Å². The average Bonchev–Trinajstić information content (AvgIpc) is 2.67. The summed E-state index contributed by atoms with van der Waals surface area (Å²) in [6.45, 7) is 2.88. The van der Waals surface area contributed by atoms with Gasteiger partial charge in [0.2, 0.25) is 0 Å². The number of carboxylic acid groups (broad SMARTS) is 1. The largest absolute Gasteiger partial charge is 0.481 e. The lowest BCUT2D eigenvalue weighted by atomic mass is 9.67. The number of ether oxygens (including phenoxy) is 2. The van der Waals surface area contributed by atoms with E-state index in [1.54, 1.807) is 25.1 Å². The quantitative estimate of drug-likeness (QED) is 0.563. The van der Waals surface area contributed by atoms with Crippen LogP contribution < -0.4 is 0 Å². The molecule has 3 atom stereocenters. The van der Waals surface area contributed by atoms with E-state index in [1.165, 1.54) is 0 Å². The standard InChI is InChI=1S/C20H25Cl2NO4/c1-2-15(19(24)25)20(13-23,14-7-8-16(21)17(22)12-14)9-5-11-27-18-6-3-4-10-26-18/h7-8,12,15,18H,2-6,9-11H2,1H3,(H,24,25). The maximum Gasteiger partial charge on any atom is 0.308 e. The van der Waals surface area contributed by atoms with Crippen molar-refractivity contribution in [2.75, 3.05) is 13.2 Å². The second-order valence-corrected chi connectivity index (χ2v) is 7.60. The van der Waals surface area contributed by atoms with Gasteiger partial charge in [-0.3, -0.25) is 4.79 Å². The molecule has 0 radical (unpaired) electrons. The van der Waals surface area contributed by atoms with Crippen molar-refractivity contribution in [2.24, 2.45) is 5.92 Å². The summed E-state index contributed by atoms with van der Waals surface area (Å²) in [6.07, 6.45) is 4.00. The molecule has 0 amide bonds. The van der Waals surface area contributed by atoms with Gasteiger partial charge in [-0.2, -0.15) is 5.26 Å². The predicted molar refractivity (Wildman–Crippen MR) is 104 cm³/mol. The summed E-state index contributed by atoms with van der Waals surface area (Å²) in [5.41, 5.74) is -0.631. The molecule has 0 spiro atoms. The van der Waals surface area contributed by atoms with Crippen molar-refractivity contribution >= 4 is 29.2 Å². The van der Waals surface area contributed by atoms with Gasteiger partial charge in [-0.05, 0) is 56.2 Å². The molecule has 1 aromatic rings. The molecular formula is C20H25Cl2NO4. The molecular weight excluding hydrogens is 389 g/mol. The van der Waals surface area contributed by atoms with E-state index in [9.17, 15) is 15.2 Å². The Hall–Kier alpha value is -1.32. The molecule has 0 saturated carbocycles. The van der Waals surface area contributed by atoms with E-state index in [0.29, 0.717) is 48.1 Å². The van der Waals surface area contributed by atoms with E-state index >= 15 is 0 Å². The van der Waals surface area contributed by atoms with Crippen molar-refractivity contribution < 1.29 is 19.4 Å². The highest BCUT2D eigenvalue weighted by molar-refractivity contribution is 6.42. The van der Waals surface area contributed by atoms with Gasteiger partial charge >= 0.3 is 5.97 Å². The van der Waals surface area contributed by atoms with Crippen LogP contribution in [0.3, 0.4) is 0 Å². The number of halogens is 2. The van der Waals surface area contributed by atoms with Gasteiger partial charge in [0.05, 0.1) is 27.4 Å². The van der Waals surface area contributed by atoms with Crippen LogP contribution in [0.25, 0.3) is 0 Å². The van der Waals surface area contributed by atoms with E-state index in [4.69, 9.17) is 32.7 Å². The summed E-state index contributed by atoms with van der Waals surface area (Å²) in [7, 11) is 0. The smallest absolute Gasteiger partial charge is 0.308 e. The Morgan fingerprint density at radius 1 is 1.44 bits per heavy atom. The summed E-state index contributed by atoms with van der Waals surface area (Å²) in [6, 6.07) is 7.17. The first-order chi connectivity index (χ1) is 12.9. The van der Waals surface area contributed by atoms with Crippen molar-refractivity contribution in [3.63, 3.8) is 0 Å². The van der Waals surface area contributed by atoms with Gasteiger partial charge in [0.1, 0.15) is 0 Å². The predicted octanol–water partition coefficient (Wildman–Crippen LogP) is 5.19. The molecule has 0 aliphatic carbocycles. The van der Waals surface area contributed by atoms with E-state index in [-0.39, 0.29) is 6.29 Å². The summed E-state index contributed by atoms with van der Waals surface area (Å²) in [5, 5.41) is 20.4. The van der Waals surface area contributed by atoms with Crippen LogP contribution in [-0.2, 0) is 19.7 Å². The normalized spacial score (nSPS) is 20.4. The van der Waals surface area contributed by atoms with Crippen molar-refractivity contribution in [3.05, 3.63) is 33.8 Å².